The number of likely N-dealkylation sites (tertiary alicyclic amines) is 1. The number of hydrogen-bond acceptors (Lipinski definition) is 6. The van der Waals surface area contributed by atoms with Gasteiger partial charge in [0, 0.05) is 13.1 Å². The number of carboxylic acid groups (broad SMARTS) is 1. The maximum atomic E-state index is 11.9. The van der Waals surface area contributed by atoms with Crippen molar-refractivity contribution in [1.82, 2.24) is 19.4 Å². The maximum absolute atomic E-state index is 11.9. The Bertz CT molecular complexity index is 1060. The van der Waals surface area contributed by atoms with E-state index in [1.54, 1.807) is 4.57 Å². The molecule has 0 spiro atoms. The summed E-state index contributed by atoms with van der Waals surface area (Å²) < 4.78 is 7.29. The third-order valence-electron chi connectivity index (χ3n) is 5.68. The first-order valence-electron chi connectivity index (χ1n) is 10.9. The number of rotatable bonds is 9. The number of carbonyl (C=O) groups is 1. The summed E-state index contributed by atoms with van der Waals surface area (Å²) >= 11 is 0. The van der Waals surface area contributed by atoms with Crippen LogP contribution in [0.15, 0.2) is 30.3 Å². The Labute approximate surface area is 181 Å². The molecule has 1 aliphatic heterocycles. The van der Waals surface area contributed by atoms with Gasteiger partial charge in [-0.2, -0.15) is 9.97 Å². The number of anilines is 1. The van der Waals surface area contributed by atoms with Crippen LogP contribution < -0.4 is 10.5 Å². The van der Waals surface area contributed by atoms with Crippen molar-refractivity contribution in [2.24, 2.45) is 0 Å². The summed E-state index contributed by atoms with van der Waals surface area (Å²) in [6, 6.07) is 10.0. The van der Waals surface area contributed by atoms with Crippen LogP contribution in [0.3, 0.4) is 0 Å². The molecular weight excluding hydrogens is 394 g/mol. The lowest BCUT2D eigenvalue weighted by Gasteiger charge is -2.15. The third-order valence-corrected chi connectivity index (χ3v) is 5.68. The Morgan fingerprint density at radius 1 is 1.13 bits per heavy atom. The Hall–Kier alpha value is -3.13. The van der Waals surface area contributed by atoms with E-state index in [4.69, 9.17) is 10.5 Å². The van der Waals surface area contributed by atoms with Gasteiger partial charge in [0.1, 0.15) is 17.2 Å². The molecular formula is C23H29N5O3. The van der Waals surface area contributed by atoms with Crippen LogP contribution in [0.5, 0.6) is 6.01 Å². The number of nitrogen functional groups attached to an aromatic ring is 1. The number of aromatic nitrogens is 3. The molecule has 1 saturated heterocycles. The van der Waals surface area contributed by atoms with Gasteiger partial charge >= 0.3 is 12.0 Å². The Balaban J connectivity index is 1.61. The van der Waals surface area contributed by atoms with Crippen LogP contribution in [-0.2, 0) is 13.1 Å². The lowest BCUT2D eigenvalue weighted by molar-refractivity contribution is 0.0686. The van der Waals surface area contributed by atoms with Crippen LogP contribution in [0.25, 0.3) is 11.0 Å². The fraction of sp³-hybridized carbons (Fsp3) is 0.435. The fourth-order valence-electron chi connectivity index (χ4n) is 3.97. The van der Waals surface area contributed by atoms with Crippen molar-refractivity contribution < 1.29 is 14.6 Å². The highest BCUT2D eigenvalue weighted by Gasteiger charge is 2.20. The lowest BCUT2D eigenvalue weighted by Crippen LogP contribution is -2.18. The normalized spacial score (nSPS) is 14.4. The number of unbranched alkanes of at least 4 members (excludes halogenated alkanes) is 1. The minimum atomic E-state index is -1.03. The second-order valence-corrected chi connectivity index (χ2v) is 8.05. The molecule has 8 heteroatoms. The second kappa shape index (κ2) is 9.34. The van der Waals surface area contributed by atoms with Crippen molar-refractivity contribution in [3.63, 3.8) is 0 Å². The molecule has 0 aliphatic carbocycles. The standard InChI is InChI=1S/C23H29N5O3/c1-2-3-12-31-23-25-20(24)18-13-19(22(29)30)28(21(18)26-23)15-17-8-6-16(7-9-17)14-27-10-4-5-11-27/h6-9,13H,2-5,10-12,14-15H2,1H3,(H,29,30)(H2,24,25,26). The average Bonchev–Trinajstić information content (AvgIpc) is 3.38. The van der Waals surface area contributed by atoms with Crippen LogP contribution in [0, 0.1) is 0 Å². The van der Waals surface area contributed by atoms with Gasteiger partial charge in [-0.25, -0.2) is 4.79 Å². The zero-order valence-electron chi connectivity index (χ0n) is 17.9. The predicted molar refractivity (Wildman–Crippen MR) is 119 cm³/mol. The van der Waals surface area contributed by atoms with E-state index in [1.807, 2.05) is 12.1 Å². The first kappa shape index (κ1) is 21.1. The quantitative estimate of drug-likeness (QED) is 0.507. The van der Waals surface area contributed by atoms with Gasteiger partial charge in [-0.1, -0.05) is 37.6 Å². The number of nitrogens with two attached hydrogens (primary N) is 1. The van der Waals surface area contributed by atoms with Crippen LogP contribution in [-0.4, -0.2) is 50.2 Å². The molecule has 3 aromatic rings. The Kier molecular flexibility index (Phi) is 6.36. The molecule has 164 valence electrons. The topological polar surface area (TPSA) is 106 Å². The van der Waals surface area contributed by atoms with Crippen LogP contribution >= 0.6 is 0 Å². The molecule has 8 nitrogen and oxygen atoms in total. The van der Waals surface area contributed by atoms with Crippen molar-refractivity contribution in [2.75, 3.05) is 25.4 Å². The summed E-state index contributed by atoms with van der Waals surface area (Å²) in [6.45, 7) is 6.20. The van der Waals surface area contributed by atoms with Crippen molar-refractivity contribution >= 4 is 22.8 Å². The monoisotopic (exact) mass is 423 g/mol. The van der Waals surface area contributed by atoms with E-state index in [0.717, 1.165) is 38.0 Å². The summed E-state index contributed by atoms with van der Waals surface area (Å²) in [4.78, 5) is 23.0. The van der Waals surface area contributed by atoms with Crippen LogP contribution in [0.2, 0.25) is 0 Å². The van der Waals surface area contributed by atoms with Gasteiger partial charge in [0.25, 0.3) is 0 Å². The highest BCUT2D eigenvalue weighted by molar-refractivity contribution is 5.97. The second-order valence-electron chi connectivity index (χ2n) is 8.05. The summed E-state index contributed by atoms with van der Waals surface area (Å²) in [6.07, 6.45) is 4.41. The van der Waals surface area contributed by atoms with Gasteiger partial charge < -0.3 is 20.1 Å². The average molecular weight is 424 g/mol. The minimum absolute atomic E-state index is 0.128. The highest BCUT2D eigenvalue weighted by atomic mass is 16.5. The Morgan fingerprint density at radius 2 is 1.81 bits per heavy atom. The van der Waals surface area contributed by atoms with E-state index >= 15 is 0 Å². The van der Waals surface area contributed by atoms with E-state index in [0.29, 0.717) is 24.2 Å². The molecule has 0 radical (unpaired) electrons. The molecule has 2 aromatic heterocycles. The van der Waals surface area contributed by atoms with Crippen molar-refractivity contribution in [1.29, 1.82) is 0 Å². The number of carboxylic acids is 1. The smallest absolute Gasteiger partial charge is 0.352 e. The van der Waals surface area contributed by atoms with Crippen LogP contribution in [0.4, 0.5) is 5.82 Å². The van der Waals surface area contributed by atoms with Gasteiger partial charge in [-0.05, 0) is 49.5 Å². The molecule has 31 heavy (non-hydrogen) atoms. The summed E-state index contributed by atoms with van der Waals surface area (Å²) in [5.41, 5.74) is 8.95. The first-order valence-corrected chi connectivity index (χ1v) is 10.9. The van der Waals surface area contributed by atoms with E-state index in [9.17, 15) is 9.90 Å². The molecule has 0 saturated carbocycles. The van der Waals surface area contributed by atoms with Crippen molar-refractivity contribution in [3.8, 4) is 6.01 Å². The summed E-state index contributed by atoms with van der Waals surface area (Å²) in [5, 5.41) is 10.3. The Morgan fingerprint density at radius 3 is 2.45 bits per heavy atom. The largest absolute Gasteiger partial charge is 0.477 e. The van der Waals surface area contributed by atoms with E-state index in [-0.39, 0.29) is 17.5 Å². The molecule has 1 aromatic carbocycles. The van der Waals surface area contributed by atoms with Gasteiger partial charge in [0.2, 0.25) is 0 Å². The van der Waals surface area contributed by atoms with Gasteiger partial charge in [0.05, 0.1) is 12.0 Å². The third kappa shape index (κ3) is 4.80. The summed E-state index contributed by atoms with van der Waals surface area (Å²) in [7, 11) is 0. The zero-order chi connectivity index (χ0) is 21.8. The van der Waals surface area contributed by atoms with E-state index in [1.165, 1.54) is 24.5 Å². The first-order chi connectivity index (χ1) is 15.0. The van der Waals surface area contributed by atoms with Gasteiger partial charge in [0.15, 0.2) is 0 Å². The van der Waals surface area contributed by atoms with E-state index < -0.39 is 5.97 Å². The molecule has 3 N–H and O–H groups in total. The molecule has 0 amide bonds. The molecule has 0 unspecified atom stereocenters. The number of nitrogens with zero attached hydrogens (tertiary/aromatic N) is 4. The molecule has 3 heterocycles. The number of ether oxygens (including phenoxy) is 1. The molecule has 0 bridgehead atoms. The molecule has 4 rings (SSSR count). The molecule has 1 fully saturated rings. The van der Waals surface area contributed by atoms with Crippen molar-refractivity contribution in [2.45, 2.75) is 45.7 Å². The minimum Gasteiger partial charge on any atom is -0.477 e. The van der Waals surface area contributed by atoms with E-state index in [2.05, 4.69) is 33.9 Å². The molecule has 1 aliphatic rings. The van der Waals surface area contributed by atoms with Crippen molar-refractivity contribution in [3.05, 3.63) is 47.2 Å². The SMILES string of the molecule is CCCCOc1nc(N)c2cc(C(=O)O)n(Cc3ccc(CN4CCCC4)cc3)c2n1. The van der Waals surface area contributed by atoms with Crippen LogP contribution in [0.1, 0.15) is 54.2 Å². The fourth-order valence-corrected chi connectivity index (χ4v) is 3.97. The van der Waals surface area contributed by atoms with Gasteiger partial charge in [-0.15, -0.1) is 0 Å². The zero-order valence-corrected chi connectivity index (χ0v) is 17.9. The molecule has 0 atom stereocenters. The number of hydrogen-bond donors (Lipinski definition) is 2. The summed E-state index contributed by atoms with van der Waals surface area (Å²) in [5.74, 6) is -0.810. The van der Waals surface area contributed by atoms with Gasteiger partial charge in [-0.3, -0.25) is 4.90 Å². The lowest BCUT2D eigenvalue weighted by atomic mass is 10.1. The highest BCUT2D eigenvalue weighted by Crippen LogP contribution is 2.26. The number of benzene rings is 1. The maximum Gasteiger partial charge on any atom is 0.352 e. The number of aromatic carboxylic acids is 1. The number of fused-ring (bicyclic) bond motifs is 1. The predicted octanol–water partition coefficient (Wildman–Crippen LogP) is 3.53.